The van der Waals surface area contributed by atoms with Gasteiger partial charge >= 0.3 is 0 Å². The third-order valence-electron chi connectivity index (χ3n) is 1.63. The summed E-state index contributed by atoms with van der Waals surface area (Å²) in [7, 11) is 0. The Morgan fingerprint density at radius 2 is 2.38 bits per heavy atom. The second-order valence-electron chi connectivity index (χ2n) is 2.67. The molecule has 0 fully saturated rings. The van der Waals surface area contributed by atoms with Crippen LogP contribution < -0.4 is 0 Å². The Bertz CT molecular complexity index is 281. The lowest BCUT2D eigenvalue weighted by molar-refractivity contribution is 0.192. The average molecular weight is 198 g/mol. The topological polar surface area (TPSA) is 22.1 Å². The lowest BCUT2D eigenvalue weighted by atomic mass is 10.3. The minimum atomic E-state index is 0.498. The van der Waals surface area contributed by atoms with Gasteiger partial charge in [-0.25, -0.2) is 4.98 Å². The minimum absolute atomic E-state index is 0.498. The maximum atomic E-state index is 5.63. The molecule has 0 aromatic carbocycles. The molecule has 70 valence electrons. The summed E-state index contributed by atoms with van der Waals surface area (Å²) in [5.41, 5.74) is 0.999. The maximum absolute atomic E-state index is 5.63. The molecular weight excluding hydrogens is 186 g/mol. The zero-order valence-electron chi connectivity index (χ0n) is 7.59. The van der Waals surface area contributed by atoms with Gasteiger partial charge in [0.1, 0.15) is 11.8 Å². The normalized spacial score (nSPS) is 9.69. The van der Waals surface area contributed by atoms with Crippen LogP contribution in [0.25, 0.3) is 0 Å². The largest absolute Gasteiger partial charge is 0.494 e. The monoisotopic (exact) mass is 197 g/mol. The van der Waals surface area contributed by atoms with Crippen molar-refractivity contribution < 1.29 is 4.74 Å². The van der Waals surface area contributed by atoms with Crippen molar-refractivity contribution in [2.45, 2.75) is 20.0 Å². The molecule has 1 rings (SSSR count). The van der Waals surface area contributed by atoms with Gasteiger partial charge < -0.3 is 4.74 Å². The molecule has 0 N–H and O–H groups in total. The van der Waals surface area contributed by atoms with Crippen LogP contribution in [0.2, 0.25) is 5.15 Å². The van der Waals surface area contributed by atoms with Crippen molar-refractivity contribution in [3.05, 3.63) is 41.4 Å². The van der Waals surface area contributed by atoms with Gasteiger partial charge in [-0.1, -0.05) is 31.2 Å². The van der Waals surface area contributed by atoms with E-state index < -0.39 is 0 Å². The molecule has 0 atom stereocenters. The zero-order valence-corrected chi connectivity index (χ0v) is 8.34. The van der Waals surface area contributed by atoms with Crippen molar-refractivity contribution >= 4 is 11.6 Å². The first-order valence-corrected chi connectivity index (χ1v) is 4.51. The van der Waals surface area contributed by atoms with E-state index in [0.717, 1.165) is 17.7 Å². The van der Waals surface area contributed by atoms with Gasteiger partial charge in [0, 0.05) is 18.2 Å². The van der Waals surface area contributed by atoms with E-state index in [0.29, 0.717) is 11.8 Å². The van der Waals surface area contributed by atoms with Gasteiger partial charge in [0.2, 0.25) is 0 Å². The fourth-order valence-electron chi connectivity index (χ4n) is 0.779. The first-order chi connectivity index (χ1) is 6.22. The summed E-state index contributed by atoms with van der Waals surface area (Å²) in [6, 6.07) is 3.63. The summed E-state index contributed by atoms with van der Waals surface area (Å²) in [6.07, 6.45) is 2.53. The van der Waals surface area contributed by atoms with Gasteiger partial charge in [0.15, 0.2) is 0 Å². The Balaban J connectivity index is 2.46. The standard InChI is InChI=1S/C10H12ClNO/c1-3-8(2)13-7-9-4-5-10(11)12-6-9/h4-6H,2-3,7H2,1H3. The molecule has 1 aromatic rings. The van der Waals surface area contributed by atoms with Crippen LogP contribution in [0.15, 0.2) is 30.7 Å². The molecule has 0 saturated heterocycles. The highest BCUT2D eigenvalue weighted by molar-refractivity contribution is 6.29. The Morgan fingerprint density at radius 3 is 2.92 bits per heavy atom. The highest BCUT2D eigenvalue weighted by atomic mass is 35.5. The molecule has 0 spiro atoms. The molecule has 0 unspecified atom stereocenters. The second-order valence-corrected chi connectivity index (χ2v) is 3.06. The lowest BCUT2D eigenvalue weighted by Gasteiger charge is -2.06. The summed E-state index contributed by atoms with van der Waals surface area (Å²) < 4.78 is 5.34. The van der Waals surface area contributed by atoms with Crippen LogP contribution in [-0.2, 0) is 11.3 Å². The van der Waals surface area contributed by atoms with Gasteiger partial charge in [0.25, 0.3) is 0 Å². The molecule has 0 bridgehead atoms. The van der Waals surface area contributed by atoms with Gasteiger partial charge in [-0.15, -0.1) is 0 Å². The molecule has 3 heteroatoms. The minimum Gasteiger partial charge on any atom is -0.494 e. The molecule has 13 heavy (non-hydrogen) atoms. The number of allylic oxidation sites excluding steroid dienone is 1. The third kappa shape index (κ3) is 3.47. The van der Waals surface area contributed by atoms with Crippen molar-refractivity contribution in [1.82, 2.24) is 4.98 Å². The Labute approximate surface area is 83.2 Å². The quantitative estimate of drug-likeness (QED) is 0.547. The van der Waals surface area contributed by atoms with Crippen LogP contribution in [-0.4, -0.2) is 4.98 Å². The van der Waals surface area contributed by atoms with Gasteiger partial charge in [-0.3, -0.25) is 0 Å². The number of nitrogens with zero attached hydrogens (tertiary/aromatic N) is 1. The molecule has 0 radical (unpaired) electrons. The molecule has 1 aromatic heterocycles. The number of hydrogen-bond donors (Lipinski definition) is 0. The second kappa shape index (κ2) is 4.87. The summed E-state index contributed by atoms with van der Waals surface area (Å²) in [6.45, 7) is 6.25. The first-order valence-electron chi connectivity index (χ1n) is 4.13. The molecule has 0 aliphatic carbocycles. The molecule has 0 amide bonds. The Morgan fingerprint density at radius 1 is 1.62 bits per heavy atom. The number of pyridine rings is 1. The van der Waals surface area contributed by atoms with Crippen LogP contribution >= 0.6 is 11.6 Å². The van der Waals surface area contributed by atoms with Crippen molar-refractivity contribution in [2.24, 2.45) is 0 Å². The fraction of sp³-hybridized carbons (Fsp3) is 0.300. The molecule has 0 aliphatic rings. The Hall–Kier alpha value is -1.02. The predicted molar refractivity (Wildman–Crippen MR) is 53.5 cm³/mol. The van der Waals surface area contributed by atoms with Crippen molar-refractivity contribution in [1.29, 1.82) is 0 Å². The van der Waals surface area contributed by atoms with Crippen molar-refractivity contribution in [2.75, 3.05) is 0 Å². The van der Waals surface area contributed by atoms with Crippen LogP contribution in [0, 0.1) is 0 Å². The van der Waals surface area contributed by atoms with E-state index in [1.807, 2.05) is 13.0 Å². The predicted octanol–water partition coefficient (Wildman–Crippen LogP) is 3.18. The molecule has 0 saturated carbocycles. The van der Waals surface area contributed by atoms with Gasteiger partial charge in [-0.05, 0) is 6.07 Å². The van der Waals surface area contributed by atoms with Gasteiger partial charge in [-0.2, -0.15) is 0 Å². The highest BCUT2D eigenvalue weighted by Gasteiger charge is 1.95. The smallest absolute Gasteiger partial charge is 0.129 e. The van der Waals surface area contributed by atoms with E-state index in [1.54, 1.807) is 12.3 Å². The summed E-state index contributed by atoms with van der Waals surface area (Å²) in [4.78, 5) is 3.94. The van der Waals surface area contributed by atoms with Crippen molar-refractivity contribution in [3.63, 3.8) is 0 Å². The van der Waals surface area contributed by atoms with E-state index in [4.69, 9.17) is 16.3 Å². The number of aromatic nitrogens is 1. The van der Waals surface area contributed by atoms with Crippen LogP contribution in [0.4, 0.5) is 0 Å². The van der Waals surface area contributed by atoms with E-state index in [-0.39, 0.29) is 0 Å². The zero-order chi connectivity index (χ0) is 9.68. The Kier molecular flexibility index (Phi) is 3.77. The number of rotatable bonds is 4. The van der Waals surface area contributed by atoms with E-state index in [9.17, 15) is 0 Å². The lowest BCUT2D eigenvalue weighted by Crippen LogP contribution is -1.92. The average Bonchev–Trinajstić information content (AvgIpc) is 2.16. The molecule has 1 heterocycles. The highest BCUT2D eigenvalue weighted by Crippen LogP contribution is 2.08. The molecule has 0 aliphatic heterocycles. The van der Waals surface area contributed by atoms with E-state index >= 15 is 0 Å². The van der Waals surface area contributed by atoms with Crippen LogP contribution in [0.1, 0.15) is 18.9 Å². The van der Waals surface area contributed by atoms with Crippen molar-refractivity contribution in [3.8, 4) is 0 Å². The number of ether oxygens (including phenoxy) is 1. The number of hydrogen-bond acceptors (Lipinski definition) is 2. The SMILES string of the molecule is C=C(CC)OCc1ccc(Cl)nc1. The van der Waals surface area contributed by atoms with Gasteiger partial charge in [0.05, 0.1) is 5.76 Å². The van der Waals surface area contributed by atoms with E-state index in [2.05, 4.69) is 11.6 Å². The molecule has 2 nitrogen and oxygen atoms in total. The maximum Gasteiger partial charge on any atom is 0.129 e. The van der Waals surface area contributed by atoms with Crippen LogP contribution in [0.3, 0.4) is 0 Å². The third-order valence-corrected chi connectivity index (χ3v) is 1.85. The summed E-state index contributed by atoms with van der Waals surface area (Å²) in [5, 5.41) is 0.498. The number of halogens is 1. The van der Waals surface area contributed by atoms with Crippen LogP contribution in [0.5, 0.6) is 0 Å². The first kappa shape index (κ1) is 10.1. The fourth-order valence-corrected chi connectivity index (χ4v) is 0.891. The summed E-state index contributed by atoms with van der Waals surface area (Å²) >= 11 is 5.63. The summed E-state index contributed by atoms with van der Waals surface area (Å²) in [5.74, 6) is 0.787. The molecular formula is C10H12ClNO. The van der Waals surface area contributed by atoms with E-state index in [1.165, 1.54) is 0 Å².